The van der Waals surface area contributed by atoms with Gasteiger partial charge in [-0.3, -0.25) is 9.48 Å². The SMILES string of the molecule is COCn1cc(NC(=O)Cn2nc(C)cc2C(F)F)cn1. The van der Waals surface area contributed by atoms with Crippen molar-refractivity contribution in [3.8, 4) is 0 Å². The van der Waals surface area contributed by atoms with Crippen LogP contribution in [0.2, 0.25) is 0 Å². The summed E-state index contributed by atoms with van der Waals surface area (Å²) in [6, 6.07) is 1.26. The van der Waals surface area contributed by atoms with Crippen LogP contribution in [0.5, 0.6) is 0 Å². The Labute approximate surface area is 119 Å². The van der Waals surface area contributed by atoms with E-state index < -0.39 is 12.3 Å². The van der Waals surface area contributed by atoms with Crippen LogP contribution in [0.3, 0.4) is 0 Å². The molecule has 0 bridgehead atoms. The van der Waals surface area contributed by atoms with Crippen LogP contribution in [0.15, 0.2) is 18.5 Å². The molecule has 0 saturated carbocycles. The minimum Gasteiger partial charge on any atom is -0.362 e. The van der Waals surface area contributed by atoms with Gasteiger partial charge in [-0.15, -0.1) is 0 Å². The van der Waals surface area contributed by atoms with Gasteiger partial charge in [0.25, 0.3) is 6.43 Å². The Morgan fingerprint density at radius 2 is 2.29 bits per heavy atom. The molecule has 7 nitrogen and oxygen atoms in total. The number of alkyl halides is 2. The van der Waals surface area contributed by atoms with E-state index in [2.05, 4.69) is 15.5 Å². The number of carbonyl (C=O) groups is 1. The summed E-state index contributed by atoms with van der Waals surface area (Å²) in [6.07, 6.45) is 0.340. The Balaban J connectivity index is 2.01. The number of anilines is 1. The first kappa shape index (κ1) is 15.1. The van der Waals surface area contributed by atoms with E-state index in [9.17, 15) is 13.6 Å². The van der Waals surface area contributed by atoms with Crippen molar-refractivity contribution in [3.63, 3.8) is 0 Å². The molecule has 0 spiro atoms. The third kappa shape index (κ3) is 3.85. The second kappa shape index (κ2) is 6.44. The number of nitrogens with zero attached hydrogens (tertiary/aromatic N) is 4. The molecule has 0 unspecified atom stereocenters. The maximum atomic E-state index is 12.8. The summed E-state index contributed by atoms with van der Waals surface area (Å²) < 4.78 is 32.9. The Morgan fingerprint density at radius 3 is 2.95 bits per heavy atom. The number of hydrogen-bond acceptors (Lipinski definition) is 4. The predicted octanol–water partition coefficient (Wildman–Crippen LogP) is 1.57. The number of aryl methyl sites for hydroxylation is 1. The summed E-state index contributed by atoms with van der Waals surface area (Å²) >= 11 is 0. The minimum absolute atomic E-state index is 0.254. The van der Waals surface area contributed by atoms with Gasteiger partial charge >= 0.3 is 0 Å². The number of nitrogens with one attached hydrogen (secondary N) is 1. The monoisotopic (exact) mass is 299 g/mol. The van der Waals surface area contributed by atoms with E-state index in [1.165, 1.54) is 24.1 Å². The summed E-state index contributed by atoms with van der Waals surface area (Å²) in [5, 5.41) is 10.4. The van der Waals surface area contributed by atoms with Crippen LogP contribution in [0.4, 0.5) is 14.5 Å². The molecule has 0 aliphatic rings. The van der Waals surface area contributed by atoms with E-state index in [4.69, 9.17) is 4.74 Å². The van der Waals surface area contributed by atoms with Crippen molar-refractivity contribution < 1.29 is 18.3 Å². The van der Waals surface area contributed by atoms with Crippen molar-refractivity contribution in [2.45, 2.75) is 26.6 Å². The topological polar surface area (TPSA) is 74.0 Å². The average molecular weight is 299 g/mol. The van der Waals surface area contributed by atoms with Crippen LogP contribution in [-0.2, 0) is 22.8 Å². The smallest absolute Gasteiger partial charge is 0.280 e. The first-order chi connectivity index (χ1) is 9.99. The second-order valence-electron chi connectivity index (χ2n) is 4.40. The van der Waals surface area contributed by atoms with Gasteiger partial charge in [0.2, 0.25) is 5.91 Å². The molecule has 2 rings (SSSR count). The molecule has 1 amide bonds. The molecule has 0 aromatic carbocycles. The number of carbonyl (C=O) groups excluding carboxylic acids is 1. The van der Waals surface area contributed by atoms with Gasteiger partial charge in [-0.05, 0) is 13.0 Å². The molecule has 2 aromatic rings. The van der Waals surface area contributed by atoms with Crippen LogP contribution in [0.1, 0.15) is 17.8 Å². The Hall–Kier alpha value is -2.29. The van der Waals surface area contributed by atoms with E-state index in [1.54, 1.807) is 13.1 Å². The summed E-state index contributed by atoms with van der Waals surface area (Å²) in [6.45, 7) is 1.56. The minimum atomic E-state index is -2.68. The first-order valence-corrected chi connectivity index (χ1v) is 6.13. The molecule has 0 radical (unpaired) electrons. The highest BCUT2D eigenvalue weighted by atomic mass is 19.3. The third-order valence-electron chi connectivity index (χ3n) is 2.63. The molecule has 0 fully saturated rings. The van der Waals surface area contributed by atoms with Crippen molar-refractivity contribution >= 4 is 11.6 Å². The molecule has 2 heterocycles. The lowest BCUT2D eigenvalue weighted by atomic mass is 10.4. The van der Waals surface area contributed by atoms with Crippen LogP contribution < -0.4 is 5.32 Å². The van der Waals surface area contributed by atoms with Crippen LogP contribution >= 0.6 is 0 Å². The molecule has 0 aliphatic heterocycles. The number of rotatable bonds is 6. The summed E-state index contributed by atoms with van der Waals surface area (Å²) in [5.74, 6) is -0.461. The lowest BCUT2D eigenvalue weighted by Gasteiger charge is -2.06. The molecule has 21 heavy (non-hydrogen) atoms. The fourth-order valence-corrected chi connectivity index (χ4v) is 1.84. The van der Waals surface area contributed by atoms with Gasteiger partial charge in [0, 0.05) is 7.11 Å². The zero-order chi connectivity index (χ0) is 15.4. The molecular formula is C12H15F2N5O2. The maximum absolute atomic E-state index is 12.8. The zero-order valence-corrected chi connectivity index (χ0v) is 11.6. The van der Waals surface area contributed by atoms with Gasteiger partial charge in [-0.2, -0.15) is 10.2 Å². The number of methoxy groups -OCH3 is 1. The average Bonchev–Trinajstić information content (AvgIpc) is 2.97. The number of amides is 1. The summed E-state index contributed by atoms with van der Waals surface area (Å²) in [4.78, 5) is 11.8. The lowest BCUT2D eigenvalue weighted by molar-refractivity contribution is -0.117. The molecule has 9 heteroatoms. The fourth-order valence-electron chi connectivity index (χ4n) is 1.84. The highest BCUT2D eigenvalue weighted by Gasteiger charge is 2.17. The molecule has 1 N–H and O–H groups in total. The number of aromatic nitrogens is 4. The molecule has 0 saturated heterocycles. The molecule has 114 valence electrons. The van der Waals surface area contributed by atoms with E-state index >= 15 is 0 Å². The highest BCUT2D eigenvalue weighted by Crippen LogP contribution is 2.19. The standard InChI is InChI=1S/C12H15F2N5O2/c1-8-3-10(12(13)14)19(17-8)6-11(20)16-9-4-15-18(5-9)7-21-2/h3-5,12H,6-7H2,1-2H3,(H,16,20). The summed E-state index contributed by atoms with van der Waals surface area (Å²) in [7, 11) is 1.52. The first-order valence-electron chi connectivity index (χ1n) is 6.13. The quantitative estimate of drug-likeness (QED) is 0.878. The van der Waals surface area contributed by atoms with Gasteiger partial charge in [0.15, 0.2) is 0 Å². The van der Waals surface area contributed by atoms with Crippen molar-refractivity contribution in [2.75, 3.05) is 12.4 Å². The Bertz CT molecular complexity index is 623. The van der Waals surface area contributed by atoms with E-state index in [-0.39, 0.29) is 19.0 Å². The third-order valence-corrected chi connectivity index (χ3v) is 2.63. The van der Waals surface area contributed by atoms with Gasteiger partial charge < -0.3 is 10.1 Å². The van der Waals surface area contributed by atoms with Gasteiger partial charge in [0.05, 0.1) is 23.8 Å². The van der Waals surface area contributed by atoms with Crippen molar-refractivity contribution in [1.29, 1.82) is 0 Å². The number of ether oxygens (including phenoxy) is 1. The summed E-state index contributed by atoms with van der Waals surface area (Å²) in [5.41, 5.74) is 0.614. The van der Waals surface area contributed by atoms with Crippen molar-refractivity contribution in [3.05, 3.63) is 29.8 Å². The highest BCUT2D eigenvalue weighted by molar-refractivity contribution is 5.90. The van der Waals surface area contributed by atoms with Gasteiger partial charge in [-0.1, -0.05) is 0 Å². The van der Waals surface area contributed by atoms with E-state index in [0.29, 0.717) is 11.4 Å². The van der Waals surface area contributed by atoms with Crippen molar-refractivity contribution in [2.24, 2.45) is 0 Å². The van der Waals surface area contributed by atoms with Crippen molar-refractivity contribution in [1.82, 2.24) is 19.6 Å². The van der Waals surface area contributed by atoms with Crippen LogP contribution in [-0.4, -0.2) is 32.6 Å². The number of halogens is 2. The van der Waals surface area contributed by atoms with Gasteiger partial charge in [-0.25, -0.2) is 13.5 Å². The molecule has 0 aliphatic carbocycles. The number of hydrogen-bond donors (Lipinski definition) is 1. The molecule has 2 aromatic heterocycles. The zero-order valence-electron chi connectivity index (χ0n) is 11.6. The van der Waals surface area contributed by atoms with Crippen LogP contribution in [0, 0.1) is 6.92 Å². The molecular weight excluding hydrogens is 284 g/mol. The fraction of sp³-hybridized carbons (Fsp3) is 0.417. The Kier molecular flexibility index (Phi) is 4.63. The Morgan fingerprint density at radius 1 is 1.52 bits per heavy atom. The largest absolute Gasteiger partial charge is 0.362 e. The predicted molar refractivity (Wildman–Crippen MR) is 69.8 cm³/mol. The van der Waals surface area contributed by atoms with E-state index in [1.807, 2.05) is 0 Å². The normalized spacial score (nSPS) is 11.1. The maximum Gasteiger partial charge on any atom is 0.280 e. The van der Waals surface area contributed by atoms with Crippen LogP contribution in [0.25, 0.3) is 0 Å². The second-order valence-corrected chi connectivity index (χ2v) is 4.40. The molecule has 0 atom stereocenters. The van der Waals surface area contributed by atoms with E-state index in [0.717, 1.165) is 4.68 Å². The van der Waals surface area contributed by atoms with Gasteiger partial charge in [0.1, 0.15) is 19.0 Å². The lowest BCUT2D eigenvalue weighted by Crippen LogP contribution is -2.21.